The summed E-state index contributed by atoms with van der Waals surface area (Å²) in [6, 6.07) is 17.5. The third kappa shape index (κ3) is 2.77. The van der Waals surface area contributed by atoms with E-state index in [0.717, 1.165) is 16.9 Å². The Bertz CT molecular complexity index is 678. The molecule has 3 aromatic rings. The Labute approximate surface area is 116 Å². The van der Waals surface area contributed by atoms with E-state index in [4.69, 9.17) is 15.0 Å². The lowest BCUT2D eigenvalue weighted by atomic mass is 10.2. The molecule has 0 amide bonds. The van der Waals surface area contributed by atoms with Crippen LogP contribution in [-0.2, 0) is 6.61 Å². The zero-order valence-electron chi connectivity index (χ0n) is 10.7. The molecule has 0 fully saturated rings. The van der Waals surface area contributed by atoms with Gasteiger partial charge in [-0.15, -0.1) is 0 Å². The summed E-state index contributed by atoms with van der Waals surface area (Å²) in [7, 11) is 0. The highest BCUT2D eigenvalue weighted by molar-refractivity contribution is 5.56. The zero-order valence-corrected chi connectivity index (χ0v) is 10.7. The fourth-order valence-corrected chi connectivity index (χ4v) is 1.79. The van der Waals surface area contributed by atoms with Crippen LogP contribution in [0.2, 0.25) is 0 Å². The highest BCUT2D eigenvalue weighted by atomic mass is 16.5. The Balaban J connectivity index is 1.67. The molecule has 20 heavy (non-hydrogen) atoms. The van der Waals surface area contributed by atoms with Gasteiger partial charge in [0.15, 0.2) is 0 Å². The number of nitrogens with zero attached hydrogens (tertiary/aromatic N) is 2. The monoisotopic (exact) mass is 267 g/mol. The molecule has 0 bridgehead atoms. The van der Waals surface area contributed by atoms with Crippen LogP contribution in [0.4, 0.5) is 6.01 Å². The van der Waals surface area contributed by atoms with E-state index in [0.29, 0.717) is 12.4 Å². The lowest BCUT2D eigenvalue weighted by Crippen LogP contribution is -1.94. The van der Waals surface area contributed by atoms with Gasteiger partial charge in [0, 0.05) is 5.56 Å². The summed E-state index contributed by atoms with van der Waals surface area (Å²) >= 11 is 0. The Kier molecular flexibility index (Phi) is 3.33. The smallest absolute Gasteiger partial charge is 0.319 e. The number of hydrogen-bond donors (Lipinski definition) is 1. The summed E-state index contributed by atoms with van der Waals surface area (Å²) < 4.78 is 10.4. The molecule has 3 rings (SSSR count). The SMILES string of the molecule is Nc1nc(-c2ccc(OCc3ccccc3)cc2)no1. The molecule has 0 saturated carbocycles. The van der Waals surface area contributed by atoms with Crippen molar-refractivity contribution in [2.45, 2.75) is 6.61 Å². The van der Waals surface area contributed by atoms with Gasteiger partial charge in [-0.05, 0) is 29.8 Å². The van der Waals surface area contributed by atoms with Crippen LogP contribution in [-0.4, -0.2) is 10.1 Å². The number of ether oxygens (including phenoxy) is 1. The normalized spacial score (nSPS) is 10.4. The van der Waals surface area contributed by atoms with Crippen molar-refractivity contribution in [2.75, 3.05) is 5.73 Å². The van der Waals surface area contributed by atoms with E-state index in [-0.39, 0.29) is 6.01 Å². The number of hydrogen-bond acceptors (Lipinski definition) is 5. The Morgan fingerprint density at radius 2 is 1.75 bits per heavy atom. The van der Waals surface area contributed by atoms with Crippen molar-refractivity contribution in [1.82, 2.24) is 10.1 Å². The molecule has 2 aromatic carbocycles. The van der Waals surface area contributed by atoms with Crippen LogP contribution in [0.15, 0.2) is 59.1 Å². The highest BCUT2D eigenvalue weighted by Gasteiger charge is 2.06. The van der Waals surface area contributed by atoms with Gasteiger partial charge in [-0.1, -0.05) is 35.5 Å². The van der Waals surface area contributed by atoms with E-state index in [1.54, 1.807) is 0 Å². The average molecular weight is 267 g/mol. The summed E-state index contributed by atoms with van der Waals surface area (Å²) in [6.07, 6.45) is 0. The first-order valence-electron chi connectivity index (χ1n) is 6.17. The molecular formula is C15H13N3O2. The number of nitrogen functional groups attached to an aromatic ring is 1. The van der Waals surface area contributed by atoms with E-state index >= 15 is 0 Å². The number of anilines is 1. The fourth-order valence-electron chi connectivity index (χ4n) is 1.79. The van der Waals surface area contributed by atoms with Crippen LogP contribution in [0, 0.1) is 0 Å². The minimum absolute atomic E-state index is 0.0596. The summed E-state index contributed by atoms with van der Waals surface area (Å²) in [5, 5.41) is 3.76. The molecule has 0 unspecified atom stereocenters. The topological polar surface area (TPSA) is 74.2 Å². The minimum atomic E-state index is 0.0596. The first kappa shape index (κ1) is 12.2. The summed E-state index contributed by atoms with van der Waals surface area (Å²) in [4.78, 5) is 3.96. The first-order valence-corrected chi connectivity index (χ1v) is 6.17. The van der Waals surface area contributed by atoms with E-state index < -0.39 is 0 Å². The lowest BCUT2D eigenvalue weighted by molar-refractivity contribution is 0.306. The molecule has 0 spiro atoms. The van der Waals surface area contributed by atoms with Crippen molar-refractivity contribution in [1.29, 1.82) is 0 Å². The molecule has 0 aliphatic rings. The van der Waals surface area contributed by atoms with Gasteiger partial charge in [-0.3, -0.25) is 0 Å². The molecule has 1 aromatic heterocycles. The first-order chi connectivity index (χ1) is 9.81. The molecule has 0 saturated heterocycles. The van der Waals surface area contributed by atoms with Gasteiger partial charge >= 0.3 is 6.01 Å². The van der Waals surface area contributed by atoms with E-state index in [1.165, 1.54) is 0 Å². The van der Waals surface area contributed by atoms with Crippen LogP contribution >= 0.6 is 0 Å². The predicted octanol–water partition coefficient (Wildman–Crippen LogP) is 2.90. The van der Waals surface area contributed by atoms with E-state index in [1.807, 2.05) is 54.6 Å². The van der Waals surface area contributed by atoms with Crippen LogP contribution in [0.5, 0.6) is 5.75 Å². The molecule has 5 nitrogen and oxygen atoms in total. The second kappa shape index (κ2) is 5.44. The van der Waals surface area contributed by atoms with E-state index in [2.05, 4.69) is 10.1 Å². The van der Waals surface area contributed by atoms with E-state index in [9.17, 15) is 0 Å². The fraction of sp³-hybridized carbons (Fsp3) is 0.0667. The number of nitrogens with two attached hydrogens (primary N) is 1. The number of aromatic nitrogens is 2. The second-order valence-electron chi connectivity index (χ2n) is 4.25. The van der Waals surface area contributed by atoms with Crippen LogP contribution < -0.4 is 10.5 Å². The summed E-state index contributed by atoms with van der Waals surface area (Å²) in [5.74, 6) is 1.26. The summed E-state index contributed by atoms with van der Waals surface area (Å²) in [6.45, 7) is 0.537. The molecular weight excluding hydrogens is 254 g/mol. The zero-order chi connectivity index (χ0) is 13.8. The highest BCUT2D eigenvalue weighted by Crippen LogP contribution is 2.21. The van der Waals surface area contributed by atoms with Gasteiger partial charge in [0.25, 0.3) is 0 Å². The quantitative estimate of drug-likeness (QED) is 0.786. The van der Waals surface area contributed by atoms with Gasteiger partial charge in [-0.2, -0.15) is 4.98 Å². The number of benzene rings is 2. The predicted molar refractivity (Wildman–Crippen MR) is 74.9 cm³/mol. The number of rotatable bonds is 4. The van der Waals surface area contributed by atoms with Gasteiger partial charge in [0.1, 0.15) is 12.4 Å². The van der Waals surface area contributed by atoms with Crippen molar-refractivity contribution < 1.29 is 9.26 Å². The van der Waals surface area contributed by atoms with Gasteiger partial charge in [0.2, 0.25) is 5.82 Å². The molecule has 0 aliphatic carbocycles. The van der Waals surface area contributed by atoms with Crippen LogP contribution in [0.3, 0.4) is 0 Å². The van der Waals surface area contributed by atoms with Crippen molar-refractivity contribution in [2.24, 2.45) is 0 Å². The van der Waals surface area contributed by atoms with Gasteiger partial charge < -0.3 is 15.0 Å². The van der Waals surface area contributed by atoms with Crippen molar-refractivity contribution in [3.8, 4) is 17.1 Å². The maximum Gasteiger partial charge on any atom is 0.319 e. The molecule has 1 heterocycles. The maximum absolute atomic E-state index is 5.70. The average Bonchev–Trinajstić information content (AvgIpc) is 2.93. The van der Waals surface area contributed by atoms with Gasteiger partial charge in [-0.25, -0.2) is 0 Å². The standard InChI is InChI=1S/C15H13N3O2/c16-15-17-14(18-20-15)12-6-8-13(9-7-12)19-10-11-4-2-1-3-5-11/h1-9H,10H2,(H2,16,17,18). The third-order valence-electron chi connectivity index (χ3n) is 2.80. The van der Waals surface area contributed by atoms with Crippen molar-refractivity contribution >= 4 is 6.01 Å². The molecule has 0 radical (unpaired) electrons. The van der Waals surface area contributed by atoms with Crippen LogP contribution in [0.1, 0.15) is 5.56 Å². The van der Waals surface area contributed by atoms with Crippen molar-refractivity contribution in [3.05, 3.63) is 60.2 Å². The molecule has 100 valence electrons. The van der Waals surface area contributed by atoms with Gasteiger partial charge in [0.05, 0.1) is 0 Å². The third-order valence-corrected chi connectivity index (χ3v) is 2.80. The Hall–Kier alpha value is -2.82. The summed E-state index contributed by atoms with van der Waals surface area (Å²) in [5.41, 5.74) is 7.35. The molecule has 5 heteroatoms. The van der Waals surface area contributed by atoms with Crippen molar-refractivity contribution in [3.63, 3.8) is 0 Å². The Morgan fingerprint density at radius 3 is 2.40 bits per heavy atom. The lowest BCUT2D eigenvalue weighted by Gasteiger charge is -2.06. The molecule has 0 atom stereocenters. The van der Waals surface area contributed by atoms with Crippen LogP contribution in [0.25, 0.3) is 11.4 Å². The minimum Gasteiger partial charge on any atom is -0.489 e. The largest absolute Gasteiger partial charge is 0.489 e. The Morgan fingerprint density at radius 1 is 1.00 bits per heavy atom. The maximum atomic E-state index is 5.70. The molecule has 2 N–H and O–H groups in total. The second-order valence-corrected chi connectivity index (χ2v) is 4.25. The molecule has 0 aliphatic heterocycles.